The third-order valence-corrected chi connectivity index (χ3v) is 3.66. The number of rotatable bonds is 5. The molecule has 3 rings (SSSR count). The van der Waals surface area contributed by atoms with Crippen molar-refractivity contribution in [3.05, 3.63) is 41.6 Å². The third kappa shape index (κ3) is 3.57. The predicted octanol–water partition coefficient (Wildman–Crippen LogP) is 2.63. The highest BCUT2D eigenvalue weighted by atomic mass is 19.4. The zero-order valence-electron chi connectivity index (χ0n) is 13.8. The lowest BCUT2D eigenvalue weighted by Crippen LogP contribution is -2.24. The van der Waals surface area contributed by atoms with Crippen molar-refractivity contribution < 1.29 is 22.1 Å². The summed E-state index contributed by atoms with van der Waals surface area (Å²) in [5.41, 5.74) is -1.76. The molecule has 0 amide bonds. The van der Waals surface area contributed by atoms with Crippen molar-refractivity contribution in [3.8, 4) is 17.3 Å². The standard InChI is InChI=1S/C15H14F4N6O/c1-8(20-2)7-11-21-14(26-23-11)12-13(15(17,18)19)25(24-22-12)10-5-3-9(16)4-6-10/h3-6,8,20H,7H2,1-2H3. The molecule has 0 aliphatic carbocycles. The van der Waals surface area contributed by atoms with Crippen LogP contribution in [0.3, 0.4) is 0 Å². The van der Waals surface area contributed by atoms with Crippen LogP contribution in [0.4, 0.5) is 17.6 Å². The average molecular weight is 370 g/mol. The van der Waals surface area contributed by atoms with Crippen molar-refractivity contribution in [2.24, 2.45) is 0 Å². The van der Waals surface area contributed by atoms with Gasteiger partial charge in [0.25, 0.3) is 5.89 Å². The van der Waals surface area contributed by atoms with Gasteiger partial charge in [0.1, 0.15) is 5.82 Å². The second kappa shape index (κ2) is 6.83. The molecular formula is C15H14F4N6O. The number of likely N-dealkylation sites (N-methyl/N-ethyl adjacent to an activating group) is 1. The van der Waals surface area contributed by atoms with Crippen molar-refractivity contribution in [1.29, 1.82) is 0 Å². The van der Waals surface area contributed by atoms with Gasteiger partial charge in [0.05, 0.1) is 5.69 Å². The van der Waals surface area contributed by atoms with Gasteiger partial charge in [-0.15, -0.1) is 5.10 Å². The molecule has 7 nitrogen and oxygen atoms in total. The Morgan fingerprint density at radius 3 is 2.54 bits per heavy atom. The topological polar surface area (TPSA) is 81.7 Å². The molecule has 0 saturated heterocycles. The predicted molar refractivity (Wildman–Crippen MR) is 81.8 cm³/mol. The summed E-state index contributed by atoms with van der Waals surface area (Å²) in [5, 5.41) is 13.7. The lowest BCUT2D eigenvalue weighted by Gasteiger charge is -2.10. The molecule has 26 heavy (non-hydrogen) atoms. The van der Waals surface area contributed by atoms with Gasteiger partial charge in [0, 0.05) is 12.5 Å². The molecule has 0 saturated carbocycles. The monoisotopic (exact) mass is 370 g/mol. The Balaban J connectivity index is 2.04. The van der Waals surface area contributed by atoms with Gasteiger partial charge in [-0.25, -0.2) is 9.07 Å². The molecule has 1 unspecified atom stereocenters. The van der Waals surface area contributed by atoms with E-state index in [-0.39, 0.29) is 23.4 Å². The molecular weight excluding hydrogens is 356 g/mol. The van der Waals surface area contributed by atoms with E-state index in [1.165, 1.54) is 0 Å². The Bertz CT molecular complexity index is 886. The van der Waals surface area contributed by atoms with Gasteiger partial charge < -0.3 is 9.84 Å². The van der Waals surface area contributed by atoms with Crippen molar-refractivity contribution in [1.82, 2.24) is 30.5 Å². The summed E-state index contributed by atoms with van der Waals surface area (Å²) in [6.45, 7) is 1.86. The fraction of sp³-hybridized carbons (Fsp3) is 0.333. The number of aromatic nitrogens is 5. The first-order valence-corrected chi connectivity index (χ1v) is 7.58. The third-order valence-electron chi connectivity index (χ3n) is 3.66. The molecule has 1 N–H and O–H groups in total. The Labute approximate surface area is 145 Å². The summed E-state index contributed by atoms with van der Waals surface area (Å²) in [4.78, 5) is 3.97. The maximum absolute atomic E-state index is 13.6. The van der Waals surface area contributed by atoms with Gasteiger partial charge >= 0.3 is 6.18 Å². The van der Waals surface area contributed by atoms with E-state index in [0.717, 1.165) is 24.3 Å². The number of nitrogens with zero attached hydrogens (tertiary/aromatic N) is 5. The fourth-order valence-corrected chi connectivity index (χ4v) is 2.25. The first-order valence-electron chi connectivity index (χ1n) is 7.58. The first-order chi connectivity index (χ1) is 12.3. The lowest BCUT2D eigenvalue weighted by atomic mass is 10.2. The van der Waals surface area contributed by atoms with Crippen LogP contribution in [0.2, 0.25) is 0 Å². The highest BCUT2D eigenvalue weighted by Crippen LogP contribution is 2.36. The van der Waals surface area contributed by atoms with Gasteiger partial charge in [0.15, 0.2) is 17.2 Å². The highest BCUT2D eigenvalue weighted by Gasteiger charge is 2.42. The van der Waals surface area contributed by atoms with E-state index in [2.05, 4.69) is 25.8 Å². The molecule has 2 aromatic heterocycles. The van der Waals surface area contributed by atoms with Crippen LogP contribution in [0.15, 0.2) is 28.8 Å². The molecule has 1 atom stereocenters. The SMILES string of the molecule is CNC(C)Cc1noc(-c2nnn(-c3ccc(F)cc3)c2C(F)(F)F)n1. The first kappa shape index (κ1) is 18.0. The van der Waals surface area contributed by atoms with Gasteiger partial charge in [-0.1, -0.05) is 10.4 Å². The normalized spacial score (nSPS) is 13.2. The lowest BCUT2D eigenvalue weighted by molar-refractivity contribution is -0.142. The Kier molecular flexibility index (Phi) is 4.72. The number of hydrogen-bond donors (Lipinski definition) is 1. The van der Waals surface area contributed by atoms with Crippen LogP contribution in [0.1, 0.15) is 18.4 Å². The molecule has 0 radical (unpaired) electrons. The summed E-state index contributed by atoms with van der Waals surface area (Å²) in [6.07, 6.45) is -4.42. The molecule has 0 spiro atoms. The molecule has 0 aliphatic rings. The average Bonchev–Trinajstić information content (AvgIpc) is 3.21. The van der Waals surface area contributed by atoms with Crippen molar-refractivity contribution in [2.75, 3.05) is 7.05 Å². The maximum atomic E-state index is 13.6. The van der Waals surface area contributed by atoms with E-state index in [1.807, 2.05) is 6.92 Å². The van der Waals surface area contributed by atoms with E-state index in [9.17, 15) is 17.6 Å². The largest absolute Gasteiger partial charge is 0.435 e. The zero-order valence-corrected chi connectivity index (χ0v) is 13.8. The quantitative estimate of drug-likeness (QED) is 0.696. The van der Waals surface area contributed by atoms with E-state index in [4.69, 9.17) is 4.52 Å². The van der Waals surface area contributed by atoms with E-state index in [0.29, 0.717) is 11.1 Å². The fourth-order valence-electron chi connectivity index (χ4n) is 2.25. The van der Waals surface area contributed by atoms with E-state index < -0.39 is 23.4 Å². The van der Waals surface area contributed by atoms with Crippen LogP contribution in [0.5, 0.6) is 0 Å². The minimum absolute atomic E-state index is 0.000944. The highest BCUT2D eigenvalue weighted by molar-refractivity contribution is 5.53. The molecule has 11 heteroatoms. The van der Waals surface area contributed by atoms with Crippen LogP contribution >= 0.6 is 0 Å². The summed E-state index contributed by atoms with van der Waals surface area (Å²) < 4.78 is 59.3. The van der Waals surface area contributed by atoms with Crippen LogP contribution in [-0.2, 0) is 12.6 Å². The van der Waals surface area contributed by atoms with Crippen LogP contribution < -0.4 is 5.32 Å². The van der Waals surface area contributed by atoms with Crippen molar-refractivity contribution in [3.63, 3.8) is 0 Å². The number of alkyl halides is 3. The number of hydrogen-bond acceptors (Lipinski definition) is 6. The van der Waals surface area contributed by atoms with Gasteiger partial charge in [-0.2, -0.15) is 18.2 Å². The van der Waals surface area contributed by atoms with Gasteiger partial charge in [-0.3, -0.25) is 0 Å². The second-order valence-corrected chi connectivity index (χ2v) is 5.58. The molecule has 138 valence electrons. The Morgan fingerprint density at radius 2 is 1.92 bits per heavy atom. The molecule has 3 aromatic rings. The van der Waals surface area contributed by atoms with Crippen LogP contribution in [0.25, 0.3) is 17.3 Å². The maximum Gasteiger partial charge on any atom is 0.435 e. The summed E-state index contributed by atoms with van der Waals surface area (Å²) in [7, 11) is 1.74. The minimum atomic E-state index is -4.79. The second-order valence-electron chi connectivity index (χ2n) is 5.58. The molecule has 0 fully saturated rings. The smallest absolute Gasteiger partial charge is 0.332 e. The van der Waals surface area contributed by atoms with Gasteiger partial charge in [-0.05, 0) is 38.2 Å². The Hall–Kier alpha value is -2.82. The molecule has 1 aromatic carbocycles. The minimum Gasteiger partial charge on any atom is -0.332 e. The van der Waals surface area contributed by atoms with Crippen LogP contribution in [-0.4, -0.2) is 38.2 Å². The van der Waals surface area contributed by atoms with Crippen LogP contribution in [0, 0.1) is 5.82 Å². The summed E-state index contributed by atoms with van der Waals surface area (Å²) >= 11 is 0. The summed E-state index contributed by atoms with van der Waals surface area (Å²) in [5.74, 6) is -0.724. The molecule has 0 aliphatic heterocycles. The van der Waals surface area contributed by atoms with Gasteiger partial charge in [0.2, 0.25) is 0 Å². The van der Waals surface area contributed by atoms with Crippen molar-refractivity contribution >= 4 is 0 Å². The number of halogens is 4. The number of nitrogens with one attached hydrogen (secondary N) is 1. The summed E-state index contributed by atoms with van der Waals surface area (Å²) in [6, 6.07) is 4.40. The number of benzene rings is 1. The van der Waals surface area contributed by atoms with E-state index >= 15 is 0 Å². The zero-order chi connectivity index (χ0) is 18.9. The molecule has 2 heterocycles. The van der Waals surface area contributed by atoms with Crippen molar-refractivity contribution in [2.45, 2.75) is 25.6 Å². The van der Waals surface area contributed by atoms with E-state index in [1.54, 1.807) is 7.05 Å². The Morgan fingerprint density at radius 1 is 1.23 bits per heavy atom. The molecule has 0 bridgehead atoms.